The maximum Gasteiger partial charge on any atom is 0.416 e. The van der Waals surface area contributed by atoms with Crippen LogP contribution >= 0.6 is 15.9 Å². The van der Waals surface area contributed by atoms with Gasteiger partial charge in [0.15, 0.2) is 5.66 Å². The monoisotopic (exact) mass is 459 g/mol. The molecular weight excluding hydrogens is 443 g/mol. The number of anilines is 1. The second-order valence-corrected chi connectivity index (χ2v) is 7.67. The van der Waals surface area contributed by atoms with Crippen LogP contribution in [0.4, 0.5) is 18.9 Å². The highest BCUT2D eigenvalue weighted by atomic mass is 79.9. The van der Waals surface area contributed by atoms with Crippen LogP contribution in [0.5, 0.6) is 0 Å². The first-order valence-electron chi connectivity index (χ1n) is 8.94. The average Bonchev–Trinajstić information content (AvgIpc) is 3.15. The molecule has 1 aliphatic rings. The number of alkyl halides is 3. The Balaban J connectivity index is 1.70. The molecule has 1 aliphatic heterocycles. The second-order valence-electron chi connectivity index (χ2n) is 6.75. The first-order valence-corrected chi connectivity index (χ1v) is 9.73. The summed E-state index contributed by atoms with van der Waals surface area (Å²) < 4.78 is 39.9. The predicted molar refractivity (Wildman–Crippen MR) is 112 cm³/mol. The van der Waals surface area contributed by atoms with Gasteiger partial charge >= 0.3 is 6.18 Å². The smallest absolute Gasteiger partial charge is 0.359 e. The summed E-state index contributed by atoms with van der Waals surface area (Å²) in [6.45, 7) is 0. The molecule has 0 bridgehead atoms. The minimum absolute atomic E-state index is 0.318. The molecule has 1 heterocycles. The molecule has 3 nitrogen and oxygen atoms in total. The van der Waals surface area contributed by atoms with Crippen molar-refractivity contribution in [2.45, 2.75) is 18.0 Å². The zero-order valence-electron chi connectivity index (χ0n) is 15.1. The first-order chi connectivity index (χ1) is 13.9. The number of benzene rings is 3. The molecule has 7 heteroatoms. The molecule has 0 amide bonds. The summed E-state index contributed by atoms with van der Waals surface area (Å²) in [6.07, 6.45) is -2.98. The summed E-state index contributed by atoms with van der Waals surface area (Å²) in [5, 5.41) is 6.83. The minimum atomic E-state index is -4.38. The Labute approximate surface area is 174 Å². The summed E-state index contributed by atoms with van der Waals surface area (Å²) >= 11 is 3.41. The molecule has 0 saturated heterocycles. The van der Waals surface area contributed by atoms with Crippen LogP contribution in [0.2, 0.25) is 0 Å². The van der Waals surface area contributed by atoms with E-state index in [1.165, 1.54) is 12.1 Å². The highest BCUT2D eigenvalue weighted by Gasteiger charge is 2.38. The van der Waals surface area contributed by atoms with Gasteiger partial charge in [-0.05, 0) is 47.5 Å². The zero-order valence-corrected chi connectivity index (χ0v) is 16.7. The van der Waals surface area contributed by atoms with Crippen LogP contribution in [-0.4, -0.2) is 6.21 Å². The molecule has 2 atom stereocenters. The van der Waals surface area contributed by atoms with E-state index in [0.717, 1.165) is 27.9 Å². The molecule has 0 aromatic heterocycles. The Morgan fingerprint density at radius 3 is 2.17 bits per heavy atom. The van der Waals surface area contributed by atoms with Gasteiger partial charge in [-0.25, -0.2) is 0 Å². The maximum atomic E-state index is 13.0. The number of hydrogen-bond acceptors (Lipinski definition) is 3. The van der Waals surface area contributed by atoms with E-state index in [1.807, 2.05) is 54.6 Å². The van der Waals surface area contributed by atoms with Crippen molar-refractivity contribution in [1.29, 1.82) is 0 Å². The Morgan fingerprint density at radius 2 is 1.55 bits per heavy atom. The van der Waals surface area contributed by atoms with Crippen molar-refractivity contribution >= 4 is 27.8 Å². The number of aliphatic imine (C=N–C) groups is 1. The molecule has 29 heavy (non-hydrogen) atoms. The van der Waals surface area contributed by atoms with Crippen molar-refractivity contribution in [2.24, 2.45) is 4.99 Å². The third-order valence-corrected chi connectivity index (χ3v) is 5.28. The Morgan fingerprint density at radius 1 is 0.897 bits per heavy atom. The fraction of sp³-hybridized carbons (Fsp3) is 0.136. The molecule has 3 aromatic rings. The van der Waals surface area contributed by atoms with Gasteiger partial charge in [-0.2, -0.15) is 13.2 Å². The van der Waals surface area contributed by atoms with Crippen LogP contribution in [-0.2, 0) is 11.8 Å². The van der Waals surface area contributed by atoms with E-state index in [0.29, 0.717) is 5.56 Å². The van der Waals surface area contributed by atoms with E-state index in [9.17, 15) is 13.2 Å². The lowest BCUT2D eigenvalue weighted by atomic mass is 9.98. The summed E-state index contributed by atoms with van der Waals surface area (Å²) in [6, 6.07) is 22.4. The van der Waals surface area contributed by atoms with E-state index >= 15 is 0 Å². The molecular formula is C22H17BrF3N3. The van der Waals surface area contributed by atoms with Gasteiger partial charge in [0, 0.05) is 16.4 Å². The van der Waals surface area contributed by atoms with Crippen molar-refractivity contribution in [3.63, 3.8) is 0 Å². The molecule has 0 spiro atoms. The van der Waals surface area contributed by atoms with Crippen LogP contribution in [0.25, 0.3) is 0 Å². The van der Waals surface area contributed by atoms with E-state index in [1.54, 1.807) is 6.21 Å². The number of hydrogen-bond donors (Lipinski definition) is 2. The third kappa shape index (κ3) is 4.21. The SMILES string of the molecule is FC(F)(F)c1ccc(C2(Nc3ccc(Br)cc3)C=NC(c3ccccc3)N2)cc1. The fourth-order valence-electron chi connectivity index (χ4n) is 3.26. The number of nitrogens with one attached hydrogen (secondary N) is 2. The van der Waals surface area contributed by atoms with E-state index < -0.39 is 17.4 Å². The van der Waals surface area contributed by atoms with Gasteiger partial charge in [-0.3, -0.25) is 10.3 Å². The number of nitrogens with zero attached hydrogens (tertiary/aromatic N) is 1. The molecule has 0 saturated carbocycles. The lowest BCUT2D eigenvalue weighted by Crippen LogP contribution is -2.47. The number of rotatable bonds is 4. The Bertz CT molecular complexity index is 1000. The van der Waals surface area contributed by atoms with Crippen LogP contribution in [0.15, 0.2) is 88.3 Å². The first kappa shape index (κ1) is 19.7. The number of halogens is 4. The summed E-state index contributed by atoms with van der Waals surface area (Å²) in [7, 11) is 0. The lowest BCUT2D eigenvalue weighted by Gasteiger charge is -2.32. The predicted octanol–water partition coefficient (Wildman–Crippen LogP) is 6.11. The van der Waals surface area contributed by atoms with Crippen molar-refractivity contribution in [1.82, 2.24) is 5.32 Å². The van der Waals surface area contributed by atoms with Gasteiger partial charge in [0.25, 0.3) is 0 Å². The van der Waals surface area contributed by atoms with Gasteiger partial charge < -0.3 is 5.32 Å². The Kier molecular flexibility index (Phi) is 5.19. The van der Waals surface area contributed by atoms with Gasteiger partial charge in [0.2, 0.25) is 0 Å². The van der Waals surface area contributed by atoms with E-state index in [4.69, 9.17) is 0 Å². The standard InChI is InChI=1S/C22H17BrF3N3/c23-18-10-12-19(13-11-18)28-21(16-6-8-17(9-7-16)22(24,25)26)14-27-20(29-21)15-4-2-1-3-5-15/h1-14,20,28-29H. The van der Waals surface area contributed by atoms with Gasteiger partial charge in [-0.1, -0.05) is 58.4 Å². The van der Waals surface area contributed by atoms with E-state index in [2.05, 4.69) is 31.6 Å². The topological polar surface area (TPSA) is 36.4 Å². The zero-order chi connectivity index (χ0) is 20.5. The molecule has 0 aliphatic carbocycles. The minimum Gasteiger partial charge on any atom is -0.359 e. The van der Waals surface area contributed by atoms with E-state index in [-0.39, 0.29) is 6.17 Å². The lowest BCUT2D eigenvalue weighted by molar-refractivity contribution is -0.137. The molecule has 3 aromatic carbocycles. The van der Waals surface area contributed by atoms with Crippen molar-refractivity contribution in [3.05, 3.63) is 100 Å². The summed E-state index contributed by atoms with van der Waals surface area (Å²) in [4.78, 5) is 4.59. The summed E-state index contributed by atoms with van der Waals surface area (Å²) in [5.74, 6) is 0. The normalized spacial score (nSPS) is 21.3. The molecule has 2 unspecified atom stereocenters. The molecule has 4 rings (SSSR count). The van der Waals surface area contributed by atoms with Gasteiger partial charge in [0.1, 0.15) is 6.17 Å². The molecule has 0 radical (unpaired) electrons. The van der Waals surface area contributed by atoms with Crippen molar-refractivity contribution in [2.75, 3.05) is 5.32 Å². The van der Waals surface area contributed by atoms with Gasteiger partial charge in [0.05, 0.1) is 5.56 Å². The molecule has 148 valence electrons. The van der Waals surface area contributed by atoms with Crippen LogP contribution in [0.3, 0.4) is 0 Å². The summed E-state index contributed by atoms with van der Waals surface area (Å²) in [5.41, 5.74) is 0.777. The fourth-order valence-corrected chi connectivity index (χ4v) is 3.53. The Hall–Kier alpha value is -2.64. The van der Waals surface area contributed by atoms with Crippen molar-refractivity contribution in [3.8, 4) is 0 Å². The quantitative estimate of drug-likeness (QED) is 0.493. The maximum absolute atomic E-state index is 13.0. The van der Waals surface area contributed by atoms with Crippen LogP contribution < -0.4 is 10.6 Å². The highest BCUT2D eigenvalue weighted by molar-refractivity contribution is 9.10. The second kappa shape index (κ2) is 7.65. The largest absolute Gasteiger partial charge is 0.416 e. The highest BCUT2D eigenvalue weighted by Crippen LogP contribution is 2.35. The molecule has 0 fully saturated rings. The van der Waals surface area contributed by atoms with Crippen molar-refractivity contribution < 1.29 is 13.2 Å². The average molecular weight is 460 g/mol. The van der Waals surface area contributed by atoms with Gasteiger partial charge in [-0.15, -0.1) is 0 Å². The molecule has 2 N–H and O–H groups in total. The van der Waals surface area contributed by atoms with Crippen LogP contribution in [0, 0.1) is 0 Å². The third-order valence-electron chi connectivity index (χ3n) is 4.75. The van der Waals surface area contributed by atoms with Crippen LogP contribution in [0.1, 0.15) is 22.9 Å².